The van der Waals surface area contributed by atoms with Crippen LogP contribution in [-0.2, 0) is 4.79 Å². The van der Waals surface area contributed by atoms with Crippen LogP contribution in [0.15, 0.2) is 42.5 Å². The van der Waals surface area contributed by atoms with E-state index < -0.39 is 5.82 Å². The minimum absolute atomic E-state index is 0.220. The van der Waals surface area contributed by atoms with Crippen molar-refractivity contribution in [2.24, 2.45) is 5.73 Å². The smallest absolute Gasteiger partial charge is 0.255 e. The maximum Gasteiger partial charge on any atom is 0.255 e. The molecule has 0 saturated heterocycles. The first-order chi connectivity index (χ1) is 11.5. The fraction of sp³-hybridized carbons (Fsp3) is 0.222. The van der Waals surface area contributed by atoms with Gasteiger partial charge in [0.05, 0.1) is 11.4 Å². The second kappa shape index (κ2) is 8.21. The molecule has 6 heteroatoms. The number of nitrogens with one attached hydrogen (secondary N) is 2. The molecule has 0 aliphatic rings. The molecular formula is C18H20FN3O2. The summed E-state index contributed by atoms with van der Waals surface area (Å²) in [5.74, 6) is -1.11. The second-order valence-corrected chi connectivity index (χ2v) is 5.45. The van der Waals surface area contributed by atoms with E-state index in [1.165, 1.54) is 18.2 Å². The van der Waals surface area contributed by atoms with Gasteiger partial charge >= 0.3 is 0 Å². The lowest BCUT2D eigenvalue weighted by Gasteiger charge is -2.13. The van der Waals surface area contributed by atoms with Crippen molar-refractivity contribution in [3.05, 3.63) is 59.4 Å². The number of anilines is 2. The van der Waals surface area contributed by atoms with Crippen LogP contribution in [0.3, 0.4) is 0 Å². The monoisotopic (exact) mass is 329 g/mol. The van der Waals surface area contributed by atoms with Crippen LogP contribution in [0.5, 0.6) is 0 Å². The van der Waals surface area contributed by atoms with E-state index in [4.69, 9.17) is 5.73 Å². The first-order valence-electron chi connectivity index (χ1n) is 7.67. The molecule has 0 bridgehead atoms. The maximum atomic E-state index is 13.5. The average molecular weight is 329 g/mol. The summed E-state index contributed by atoms with van der Waals surface area (Å²) in [5, 5.41) is 5.30. The predicted octanol–water partition coefficient (Wildman–Crippen LogP) is 3.06. The Morgan fingerprint density at radius 2 is 1.88 bits per heavy atom. The van der Waals surface area contributed by atoms with Crippen molar-refractivity contribution in [2.45, 2.75) is 19.8 Å². The summed E-state index contributed by atoms with van der Waals surface area (Å²) >= 11 is 0. The Kier molecular flexibility index (Phi) is 6.03. The number of benzene rings is 2. The van der Waals surface area contributed by atoms with Crippen LogP contribution in [0.2, 0.25) is 0 Å². The molecule has 24 heavy (non-hydrogen) atoms. The standard InChI is InChI=1S/C18H20FN3O2/c1-12-4-2-5-13(10-12)18(24)22-15-8-7-14(19)11-16(15)21-17(23)6-3-9-20/h2,4-5,7-8,10-11H,3,6,9,20H2,1H3,(H,21,23)(H,22,24). The third-order valence-corrected chi connectivity index (χ3v) is 3.39. The molecule has 0 aliphatic carbocycles. The maximum absolute atomic E-state index is 13.5. The highest BCUT2D eigenvalue weighted by atomic mass is 19.1. The van der Waals surface area contributed by atoms with Gasteiger partial charge in [-0.15, -0.1) is 0 Å². The highest BCUT2D eigenvalue weighted by Gasteiger charge is 2.12. The van der Waals surface area contributed by atoms with Gasteiger partial charge in [0.25, 0.3) is 5.91 Å². The van der Waals surface area contributed by atoms with E-state index in [2.05, 4.69) is 10.6 Å². The van der Waals surface area contributed by atoms with E-state index >= 15 is 0 Å². The molecular weight excluding hydrogens is 309 g/mol. The molecule has 0 unspecified atom stereocenters. The number of amides is 2. The first-order valence-corrected chi connectivity index (χ1v) is 7.67. The summed E-state index contributed by atoms with van der Waals surface area (Å²) in [6.45, 7) is 2.28. The van der Waals surface area contributed by atoms with Crippen molar-refractivity contribution in [3.63, 3.8) is 0 Å². The summed E-state index contributed by atoms with van der Waals surface area (Å²) < 4.78 is 13.5. The van der Waals surface area contributed by atoms with Gasteiger partial charge in [0.2, 0.25) is 5.91 Å². The molecule has 126 valence electrons. The van der Waals surface area contributed by atoms with Gasteiger partial charge in [-0.25, -0.2) is 4.39 Å². The number of hydrogen-bond donors (Lipinski definition) is 3. The number of aryl methyl sites for hydroxylation is 1. The Bertz CT molecular complexity index is 747. The van der Waals surface area contributed by atoms with Gasteiger partial charge in [0.15, 0.2) is 0 Å². The van der Waals surface area contributed by atoms with E-state index in [0.29, 0.717) is 24.2 Å². The third-order valence-electron chi connectivity index (χ3n) is 3.39. The molecule has 2 amide bonds. The summed E-state index contributed by atoms with van der Waals surface area (Å²) in [6, 6.07) is 10.9. The molecule has 0 saturated carbocycles. The second-order valence-electron chi connectivity index (χ2n) is 5.45. The lowest BCUT2D eigenvalue weighted by molar-refractivity contribution is -0.116. The quantitative estimate of drug-likeness (QED) is 0.761. The van der Waals surface area contributed by atoms with Crippen LogP contribution in [0.4, 0.5) is 15.8 Å². The van der Waals surface area contributed by atoms with Crippen LogP contribution in [0.1, 0.15) is 28.8 Å². The number of carbonyl (C=O) groups excluding carboxylic acids is 2. The third kappa shape index (κ3) is 4.89. The van der Waals surface area contributed by atoms with Crippen molar-refractivity contribution < 1.29 is 14.0 Å². The SMILES string of the molecule is Cc1cccc(C(=O)Nc2ccc(F)cc2NC(=O)CCCN)c1. The molecule has 2 aromatic rings. The molecule has 0 spiro atoms. The minimum atomic E-state index is -0.502. The fourth-order valence-corrected chi connectivity index (χ4v) is 2.18. The summed E-state index contributed by atoms with van der Waals surface area (Å²) in [6.07, 6.45) is 0.768. The molecule has 0 aromatic heterocycles. The Hall–Kier alpha value is -2.73. The predicted molar refractivity (Wildman–Crippen MR) is 92.5 cm³/mol. The van der Waals surface area contributed by atoms with Gasteiger partial charge < -0.3 is 16.4 Å². The average Bonchev–Trinajstić information content (AvgIpc) is 2.55. The topological polar surface area (TPSA) is 84.2 Å². The Labute approximate surface area is 140 Å². The van der Waals surface area contributed by atoms with Gasteiger partial charge in [0, 0.05) is 12.0 Å². The lowest BCUT2D eigenvalue weighted by atomic mass is 10.1. The Balaban J connectivity index is 2.17. The number of halogens is 1. The Morgan fingerprint density at radius 1 is 1.08 bits per heavy atom. The van der Waals surface area contributed by atoms with E-state index in [9.17, 15) is 14.0 Å². The zero-order valence-corrected chi connectivity index (χ0v) is 13.4. The van der Waals surface area contributed by atoms with Crippen LogP contribution in [0, 0.1) is 12.7 Å². The van der Waals surface area contributed by atoms with Crippen molar-refractivity contribution >= 4 is 23.2 Å². The molecule has 4 N–H and O–H groups in total. The largest absolute Gasteiger partial charge is 0.330 e. The summed E-state index contributed by atoms with van der Waals surface area (Å²) in [7, 11) is 0. The number of rotatable bonds is 6. The molecule has 0 fully saturated rings. The number of carbonyl (C=O) groups is 2. The van der Waals surface area contributed by atoms with Gasteiger partial charge in [-0.1, -0.05) is 17.7 Å². The lowest BCUT2D eigenvalue weighted by Crippen LogP contribution is -2.17. The van der Waals surface area contributed by atoms with Gasteiger partial charge in [-0.05, 0) is 50.2 Å². The van der Waals surface area contributed by atoms with E-state index in [-0.39, 0.29) is 23.9 Å². The van der Waals surface area contributed by atoms with Crippen molar-refractivity contribution in [3.8, 4) is 0 Å². The molecule has 0 aliphatic heterocycles. The van der Waals surface area contributed by atoms with E-state index in [1.54, 1.807) is 18.2 Å². The van der Waals surface area contributed by atoms with Crippen molar-refractivity contribution in [1.29, 1.82) is 0 Å². The van der Waals surface area contributed by atoms with E-state index in [1.807, 2.05) is 13.0 Å². The number of nitrogens with two attached hydrogens (primary N) is 1. The molecule has 0 radical (unpaired) electrons. The van der Waals surface area contributed by atoms with Crippen LogP contribution in [-0.4, -0.2) is 18.4 Å². The van der Waals surface area contributed by atoms with Crippen LogP contribution >= 0.6 is 0 Å². The number of hydrogen-bond acceptors (Lipinski definition) is 3. The van der Waals surface area contributed by atoms with E-state index in [0.717, 1.165) is 5.56 Å². The highest BCUT2D eigenvalue weighted by molar-refractivity contribution is 6.07. The minimum Gasteiger partial charge on any atom is -0.330 e. The summed E-state index contributed by atoms with van der Waals surface area (Å²) in [5.41, 5.74) is 7.37. The van der Waals surface area contributed by atoms with Crippen LogP contribution in [0.25, 0.3) is 0 Å². The van der Waals surface area contributed by atoms with Crippen molar-refractivity contribution in [1.82, 2.24) is 0 Å². The van der Waals surface area contributed by atoms with Gasteiger partial charge in [-0.2, -0.15) is 0 Å². The van der Waals surface area contributed by atoms with Crippen LogP contribution < -0.4 is 16.4 Å². The molecule has 2 aromatic carbocycles. The highest BCUT2D eigenvalue weighted by Crippen LogP contribution is 2.24. The summed E-state index contributed by atoms with van der Waals surface area (Å²) in [4.78, 5) is 24.2. The molecule has 5 nitrogen and oxygen atoms in total. The first kappa shape index (κ1) is 17.6. The molecule has 2 rings (SSSR count). The molecule has 0 atom stereocenters. The molecule has 0 heterocycles. The van der Waals surface area contributed by atoms with Gasteiger partial charge in [-0.3, -0.25) is 9.59 Å². The van der Waals surface area contributed by atoms with Crippen molar-refractivity contribution in [2.75, 3.05) is 17.2 Å². The Morgan fingerprint density at radius 3 is 2.58 bits per heavy atom. The van der Waals surface area contributed by atoms with Gasteiger partial charge in [0.1, 0.15) is 5.82 Å². The zero-order chi connectivity index (χ0) is 17.5. The normalized spacial score (nSPS) is 10.3. The zero-order valence-electron chi connectivity index (χ0n) is 13.4. The fourth-order valence-electron chi connectivity index (χ4n) is 2.18.